The molecule has 1 unspecified atom stereocenters. The Morgan fingerprint density at radius 3 is 2.25 bits per heavy atom. The number of carboxylic acid groups (broad SMARTS) is 1. The molecule has 20 heavy (non-hydrogen) atoms. The lowest BCUT2D eigenvalue weighted by atomic mass is 9.86. The first-order valence-corrected chi connectivity index (χ1v) is 7.14. The van der Waals surface area contributed by atoms with Crippen LogP contribution in [0.15, 0.2) is 24.3 Å². The van der Waals surface area contributed by atoms with Crippen LogP contribution in [0.5, 0.6) is 0 Å². The number of amides is 1. The highest BCUT2D eigenvalue weighted by molar-refractivity contribution is 5.81. The molecule has 1 aliphatic heterocycles. The van der Waals surface area contributed by atoms with Crippen molar-refractivity contribution in [3.05, 3.63) is 35.4 Å². The van der Waals surface area contributed by atoms with Crippen LogP contribution in [0.25, 0.3) is 0 Å². The third-order valence-corrected chi connectivity index (χ3v) is 4.72. The van der Waals surface area contributed by atoms with E-state index in [1.54, 1.807) is 6.92 Å². The lowest BCUT2D eigenvalue weighted by Crippen LogP contribution is -2.55. The summed E-state index contributed by atoms with van der Waals surface area (Å²) in [4.78, 5) is 25.1. The Morgan fingerprint density at radius 1 is 1.20 bits per heavy atom. The highest BCUT2D eigenvalue weighted by Gasteiger charge is 2.40. The molecule has 106 valence electrons. The number of carbonyl (C=O) groups is 2. The lowest BCUT2D eigenvalue weighted by molar-refractivity contribution is -0.152. The molecular formula is C16H19NO3. The molecule has 1 heterocycles. The van der Waals surface area contributed by atoms with Gasteiger partial charge in [0.25, 0.3) is 0 Å². The minimum Gasteiger partial charge on any atom is -0.481 e. The topological polar surface area (TPSA) is 57.6 Å². The van der Waals surface area contributed by atoms with Gasteiger partial charge in [-0.2, -0.15) is 0 Å². The van der Waals surface area contributed by atoms with Crippen LogP contribution in [0.2, 0.25) is 0 Å². The molecule has 1 fully saturated rings. The number of benzene rings is 1. The molecule has 1 aromatic rings. The Bertz CT molecular complexity index is 523. The average Bonchev–Trinajstić information content (AvgIpc) is 2.80. The van der Waals surface area contributed by atoms with Crippen LogP contribution in [-0.4, -0.2) is 35.0 Å². The second-order valence-corrected chi connectivity index (χ2v) is 6.00. The zero-order valence-electron chi connectivity index (χ0n) is 11.6. The summed E-state index contributed by atoms with van der Waals surface area (Å²) >= 11 is 0. The normalized spacial score (nSPS) is 20.4. The van der Waals surface area contributed by atoms with E-state index in [-0.39, 0.29) is 23.7 Å². The number of hydrogen-bond acceptors (Lipinski definition) is 2. The molecule has 1 atom stereocenters. The first-order chi connectivity index (χ1) is 9.56. The van der Waals surface area contributed by atoms with E-state index in [1.807, 2.05) is 17.0 Å². The molecule has 0 spiro atoms. The summed E-state index contributed by atoms with van der Waals surface area (Å²) in [6.45, 7) is 2.92. The Balaban J connectivity index is 1.57. The van der Waals surface area contributed by atoms with Crippen LogP contribution in [-0.2, 0) is 22.4 Å². The van der Waals surface area contributed by atoms with Crippen molar-refractivity contribution in [2.75, 3.05) is 13.1 Å². The fourth-order valence-electron chi connectivity index (χ4n) is 3.20. The van der Waals surface area contributed by atoms with Crippen molar-refractivity contribution in [3.8, 4) is 0 Å². The summed E-state index contributed by atoms with van der Waals surface area (Å²) in [5.74, 6) is -0.779. The van der Waals surface area contributed by atoms with Crippen molar-refractivity contribution >= 4 is 11.9 Å². The van der Waals surface area contributed by atoms with Gasteiger partial charge in [-0.25, -0.2) is 0 Å². The van der Waals surface area contributed by atoms with Gasteiger partial charge in [-0.15, -0.1) is 0 Å². The summed E-state index contributed by atoms with van der Waals surface area (Å²) in [6, 6.07) is 8.21. The Kier molecular flexibility index (Phi) is 3.24. The third kappa shape index (κ3) is 2.19. The van der Waals surface area contributed by atoms with E-state index >= 15 is 0 Å². The number of hydrogen-bond donors (Lipinski definition) is 1. The molecule has 0 saturated carbocycles. The number of carboxylic acids is 1. The highest BCUT2D eigenvalue weighted by atomic mass is 16.4. The second-order valence-electron chi connectivity index (χ2n) is 6.00. The van der Waals surface area contributed by atoms with Crippen LogP contribution >= 0.6 is 0 Å². The molecular weight excluding hydrogens is 254 g/mol. The van der Waals surface area contributed by atoms with Gasteiger partial charge in [-0.3, -0.25) is 9.59 Å². The monoisotopic (exact) mass is 273 g/mol. The fraction of sp³-hybridized carbons (Fsp3) is 0.500. The Hall–Kier alpha value is -1.84. The maximum atomic E-state index is 12.4. The Labute approximate surface area is 118 Å². The smallest absolute Gasteiger partial charge is 0.306 e. The van der Waals surface area contributed by atoms with Crippen molar-refractivity contribution < 1.29 is 14.7 Å². The number of carbonyl (C=O) groups excluding carboxylic acids is 1. The number of likely N-dealkylation sites (tertiary alicyclic amines) is 1. The largest absolute Gasteiger partial charge is 0.481 e. The number of nitrogens with zero attached hydrogens (tertiary/aromatic N) is 1. The van der Waals surface area contributed by atoms with Gasteiger partial charge in [0.1, 0.15) is 0 Å². The van der Waals surface area contributed by atoms with E-state index in [1.165, 1.54) is 11.1 Å². The fourth-order valence-corrected chi connectivity index (χ4v) is 3.20. The molecule has 0 radical (unpaired) electrons. The zero-order chi connectivity index (χ0) is 14.3. The van der Waals surface area contributed by atoms with E-state index in [0.717, 1.165) is 12.8 Å². The van der Waals surface area contributed by atoms with Crippen molar-refractivity contribution in [2.45, 2.75) is 19.8 Å². The quantitative estimate of drug-likeness (QED) is 0.909. The zero-order valence-corrected chi connectivity index (χ0v) is 11.6. The number of fused-ring (bicyclic) bond motifs is 1. The molecule has 3 rings (SSSR count). The predicted octanol–water partition coefficient (Wildman–Crippen LogP) is 1.58. The highest BCUT2D eigenvalue weighted by Crippen LogP contribution is 2.31. The van der Waals surface area contributed by atoms with Crippen molar-refractivity contribution in [3.63, 3.8) is 0 Å². The van der Waals surface area contributed by atoms with E-state index in [0.29, 0.717) is 13.1 Å². The van der Waals surface area contributed by atoms with E-state index in [4.69, 9.17) is 5.11 Å². The van der Waals surface area contributed by atoms with Gasteiger partial charge in [0.05, 0.1) is 5.92 Å². The van der Waals surface area contributed by atoms with E-state index in [9.17, 15) is 9.59 Å². The van der Waals surface area contributed by atoms with Gasteiger partial charge in [-0.05, 0) is 24.0 Å². The molecule has 0 aromatic heterocycles. The summed E-state index contributed by atoms with van der Waals surface area (Å²) in [5, 5.41) is 8.97. The summed E-state index contributed by atoms with van der Waals surface area (Å²) in [5.41, 5.74) is 2.56. The minimum atomic E-state index is -0.768. The SMILES string of the molecule is CC(C(=O)O)C1CN(C(=O)C2Cc3ccccc3C2)C1. The van der Waals surface area contributed by atoms with Gasteiger partial charge in [0.2, 0.25) is 5.91 Å². The maximum absolute atomic E-state index is 12.4. The van der Waals surface area contributed by atoms with Crippen LogP contribution in [0.1, 0.15) is 18.1 Å². The molecule has 1 saturated heterocycles. The third-order valence-electron chi connectivity index (χ3n) is 4.72. The van der Waals surface area contributed by atoms with Crippen molar-refractivity contribution in [2.24, 2.45) is 17.8 Å². The second kappa shape index (κ2) is 4.93. The first-order valence-electron chi connectivity index (χ1n) is 7.14. The summed E-state index contributed by atoms with van der Waals surface area (Å²) in [6.07, 6.45) is 1.65. The number of aliphatic carboxylic acids is 1. The first kappa shape index (κ1) is 13.2. The van der Waals surface area contributed by atoms with E-state index < -0.39 is 5.97 Å². The van der Waals surface area contributed by atoms with Crippen LogP contribution in [0, 0.1) is 17.8 Å². The van der Waals surface area contributed by atoms with Crippen molar-refractivity contribution in [1.82, 2.24) is 4.90 Å². The van der Waals surface area contributed by atoms with Crippen molar-refractivity contribution in [1.29, 1.82) is 0 Å². The summed E-state index contributed by atoms with van der Waals surface area (Å²) in [7, 11) is 0. The lowest BCUT2D eigenvalue weighted by Gasteiger charge is -2.42. The Morgan fingerprint density at radius 2 is 1.75 bits per heavy atom. The average molecular weight is 273 g/mol. The molecule has 1 amide bonds. The van der Waals surface area contributed by atoms with Gasteiger partial charge < -0.3 is 10.0 Å². The van der Waals surface area contributed by atoms with Crippen LogP contribution in [0.3, 0.4) is 0 Å². The standard InChI is InChI=1S/C16H19NO3/c1-10(16(19)20)14-8-17(9-14)15(18)13-6-11-4-2-3-5-12(11)7-13/h2-5,10,13-14H,6-9H2,1H3,(H,19,20). The molecule has 0 bridgehead atoms. The van der Waals surface area contributed by atoms with Crippen LogP contribution < -0.4 is 0 Å². The molecule has 2 aliphatic rings. The van der Waals surface area contributed by atoms with Gasteiger partial charge in [-0.1, -0.05) is 31.2 Å². The predicted molar refractivity (Wildman–Crippen MR) is 74.2 cm³/mol. The van der Waals surface area contributed by atoms with Gasteiger partial charge in [0.15, 0.2) is 0 Å². The van der Waals surface area contributed by atoms with Crippen LogP contribution in [0.4, 0.5) is 0 Å². The van der Waals surface area contributed by atoms with Gasteiger partial charge >= 0.3 is 5.97 Å². The molecule has 1 aliphatic carbocycles. The van der Waals surface area contributed by atoms with Gasteiger partial charge in [0, 0.05) is 24.9 Å². The summed E-state index contributed by atoms with van der Waals surface area (Å²) < 4.78 is 0. The number of rotatable bonds is 3. The van der Waals surface area contributed by atoms with E-state index in [2.05, 4.69) is 12.1 Å². The molecule has 4 heteroatoms. The maximum Gasteiger partial charge on any atom is 0.306 e. The molecule has 1 aromatic carbocycles. The minimum absolute atomic E-state index is 0.0495. The molecule has 1 N–H and O–H groups in total. The molecule has 4 nitrogen and oxygen atoms in total.